The highest BCUT2D eigenvalue weighted by Crippen LogP contribution is 2.27. The van der Waals surface area contributed by atoms with E-state index in [1.54, 1.807) is 36.9 Å². The molecule has 192 valence electrons. The number of thiazole rings is 1. The van der Waals surface area contributed by atoms with E-state index in [9.17, 15) is 18.0 Å². The van der Waals surface area contributed by atoms with Gasteiger partial charge >= 0.3 is 5.97 Å². The zero-order valence-electron chi connectivity index (χ0n) is 20.5. The lowest BCUT2D eigenvalue weighted by molar-refractivity contribution is -0.141. The number of methoxy groups -OCH3 is 2. The van der Waals surface area contributed by atoms with Crippen molar-refractivity contribution >= 4 is 43.5 Å². The van der Waals surface area contributed by atoms with Gasteiger partial charge in [0.2, 0.25) is 10.0 Å². The summed E-state index contributed by atoms with van der Waals surface area (Å²) in [5.41, 5.74) is 0.957. The van der Waals surface area contributed by atoms with Crippen molar-refractivity contribution in [3.05, 3.63) is 52.8 Å². The lowest BCUT2D eigenvalue weighted by Crippen LogP contribution is -2.38. The smallest absolute Gasteiger partial charge is 0.325 e. The third-order valence-electron chi connectivity index (χ3n) is 6.47. The quantitative estimate of drug-likeness (QED) is 0.432. The van der Waals surface area contributed by atoms with Crippen molar-refractivity contribution in [3.8, 4) is 5.75 Å². The van der Waals surface area contributed by atoms with Crippen LogP contribution in [-0.4, -0.2) is 56.5 Å². The fourth-order valence-electron chi connectivity index (χ4n) is 4.34. The number of nitrogens with zero attached hydrogens (tertiary/aromatic N) is 3. The molecule has 2 aromatic carbocycles. The van der Waals surface area contributed by atoms with E-state index in [1.165, 1.54) is 47.0 Å². The summed E-state index contributed by atoms with van der Waals surface area (Å²) in [7, 11) is 0.814. The van der Waals surface area contributed by atoms with E-state index in [1.807, 2.05) is 0 Å². The Morgan fingerprint density at radius 2 is 1.78 bits per heavy atom. The second-order valence-electron chi connectivity index (χ2n) is 8.63. The van der Waals surface area contributed by atoms with Crippen LogP contribution in [0.15, 0.2) is 52.4 Å². The molecule has 4 rings (SSSR count). The van der Waals surface area contributed by atoms with Crippen molar-refractivity contribution in [2.24, 2.45) is 4.99 Å². The summed E-state index contributed by atoms with van der Waals surface area (Å²) < 4.78 is 40.1. The van der Waals surface area contributed by atoms with Crippen LogP contribution in [0.1, 0.15) is 42.5 Å². The average Bonchev–Trinajstić information content (AvgIpc) is 3.24. The van der Waals surface area contributed by atoms with Crippen LogP contribution in [0.4, 0.5) is 0 Å². The lowest BCUT2D eigenvalue weighted by Gasteiger charge is -2.30. The average molecular weight is 532 g/mol. The minimum Gasteiger partial charge on any atom is -0.497 e. The Morgan fingerprint density at radius 1 is 1.08 bits per heavy atom. The molecule has 0 bridgehead atoms. The number of carbonyl (C=O) groups excluding carboxylic acids is 2. The standard InChI is InChI=1S/C25H29N3O6S2/c1-27(18-7-5-4-6-8-18)36(31,32)20-12-9-17(10-13-20)24(30)26-25-28(16-23(29)34-3)21-14-11-19(33-2)15-22(21)35-25/h9-15,18H,4-8,16H2,1-3H3. The van der Waals surface area contributed by atoms with Gasteiger partial charge in [-0.05, 0) is 55.3 Å². The first-order valence-electron chi connectivity index (χ1n) is 11.7. The number of ether oxygens (including phenoxy) is 2. The molecule has 1 aliphatic rings. The third-order valence-corrected chi connectivity index (χ3v) is 9.43. The van der Waals surface area contributed by atoms with E-state index in [2.05, 4.69) is 4.99 Å². The molecule has 0 saturated heterocycles. The molecular formula is C25H29N3O6S2. The van der Waals surface area contributed by atoms with E-state index < -0.39 is 21.9 Å². The number of fused-ring (bicyclic) bond motifs is 1. The highest BCUT2D eigenvalue weighted by Gasteiger charge is 2.29. The summed E-state index contributed by atoms with van der Waals surface area (Å²) in [4.78, 5) is 29.7. The number of hydrogen-bond acceptors (Lipinski definition) is 7. The van der Waals surface area contributed by atoms with Crippen LogP contribution in [0, 0.1) is 0 Å². The van der Waals surface area contributed by atoms with Crippen LogP contribution in [0.5, 0.6) is 5.75 Å². The van der Waals surface area contributed by atoms with Crippen LogP contribution in [0.25, 0.3) is 10.2 Å². The van der Waals surface area contributed by atoms with Crippen LogP contribution in [0.2, 0.25) is 0 Å². The molecule has 1 heterocycles. The van der Waals surface area contributed by atoms with Crippen molar-refractivity contribution in [3.63, 3.8) is 0 Å². The maximum absolute atomic E-state index is 13.1. The zero-order valence-corrected chi connectivity index (χ0v) is 22.1. The SMILES string of the molecule is COC(=O)Cn1c(=NC(=O)c2ccc(S(=O)(=O)N(C)C3CCCCC3)cc2)sc2cc(OC)ccc21. The Bertz CT molecular complexity index is 1430. The van der Waals surface area contributed by atoms with Gasteiger partial charge in [-0.1, -0.05) is 30.6 Å². The van der Waals surface area contributed by atoms with Crippen molar-refractivity contribution in [2.75, 3.05) is 21.3 Å². The lowest BCUT2D eigenvalue weighted by atomic mass is 9.96. The number of aromatic nitrogens is 1. The normalized spacial score (nSPS) is 15.4. The Labute approximate surface area is 214 Å². The second kappa shape index (κ2) is 10.9. The zero-order chi connectivity index (χ0) is 25.9. The van der Waals surface area contributed by atoms with Gasteiger partial charge in [0.05, 0.1) is 29.3 Å². The number of amides is 1. The van der Waals surface area contributed by atoms with Gasteiger partial charge in [-0.25, -0.2) is 8.42 Å². The number of esters is 1. The minimum atomic E-state index is -3.66. The molecule has 9 nitrogen and oxygen atoms in total. The van der Waals surface area contributed by atoms with Gasteiger partial charge in [0, 0.05) is 18.7 Å². The molecule has 0 aliphatic heterocycles. The minimum absolute atomic E-state index is 0.00287. The van der Waals surface area contributed by atoms with Crippen LogP contribution >= 0.6 is 11.3 Å². The van der Waals surface area contributed by atoms with E-state index in [-0.39, 0.29) is 23.0 Å². The topological polar surface area (TPSA) is 107 Å². The Morgan fingerprint density at radius 3 is 2.42 bits per heavy atom. The van der Waals surface area contributed by atoms with Gasteiger partial charge < -0.3 is 14.0 Å². The van der Waals surface area contributed by atoms with Gasteiger partial charge in [0.25, 0.3) is 5.91 Å². The molecule has 3 aromatic rings. The summed E-state index contributed by atoms with van der Waals surface area (Å²) in [6.45, 7) is -0.111. The van der Waals surface area contributed by atoms with E-state index in [0.717, 1.165) is 36.8 Å². The molecule has 11 heteroatoms. The first-order valence-corrected chi connectivity index (χ1v) is 13.9. The van der Waals surface area contributed by atoms with E-state index in [0.29, 0.717) is 16.1 Å². The van der Waals surface area contributed by atoms with Crippen molar-refractivity contribution in [1.29, 1.82) is 0 Å². The monoisotopic (exact) mass is 531 g/mol. The fourth-order valence-corrected chi connectivity index (χ4v) is 6.81. The maximum atomic E-state index is 13.1. The summed E-state index contributed by atoms with van der Waals surface area (Å²) >= 11 is 1.24. The molecule has 1 aromatic heterocycles. The number of hydrogen-bond donors (Lipinski definition) is 0. The van der Waals surface area contributed by atoms with Crippen LogP contribution < -0.4 is 9.54 Å². The highest BCUT2D eigenvalue weighted by atomic mass is 32.2. The Balaban J connectivity index is 1.64. The molecule has 1 aliphatic carbocycles. The number of benzene rings is 2. The highest BCUT2D eigenvalue weighted by molar-refractivity contribution is 7.89. The van der Waals surface area contributed by atoms with Gasteiger partial charge in [0.1, 0.15) is 12.3 Å². The van der Waals surface area contributed by atoms with Crippen LogP contribution in [0.3, 0.4) is 0 Å². The summed E-state index contributed by atoms with van der Waals surface area (Å²) in [5.74, 6) is -0.380. The fraction of sp³-hybridized carbons (Fsp3) is 0.400. The van der Waals surface area contributed by atoms with Crippen molar-refractivity contribution in [2.45, 2.75) is 49.6 Å². The van der Waals surface area contributed by atoms with E-state index in [4.69, 9.17) is 9.47 Å². The third kappa shape index (κ3) is 5.37. The Hall–Kier alpha value is -3.02. The second-order valence-corrected chi connectivity index (χ2v) is 11.6. The first kappa shape index (κ1) is 26.1. The Kier molecular flexibility index (Phi) is 7.91. The molecule has 0 N–H and O–H groups in total. The predicted molar refractivity (Wildman–Crippen MR) is 137 cm³/mol. The van der Waals surface area contributed by atoms with Gasteiger partial charge in [-0.15, -0.1) is 0 Å². The molecule has 0 unspecified atom stereocenters. The molecule has 1 fully saturated rings. The first-order chi connectivity index (χ1) is 17.2. The summed E-state index contributed by atoms with van der Waals surface area (Å²) in [5, 5.41) is 0. The molecule has 1 saturated carbocycles. The number of carbonyl (C=O) groups is 2. The predicted octanol–water partition coefficient (Wildman–Crippen LogP) is 3.58. The summed E-state index contributed by atoms with van der Waals surface area (Å²) in [6, 6.07) is 11.2. The van der Waals surface area contributed by atoms with Crippen LogP contribution in [-0.2, 0) is 26.1 Å². The summed E-state index contributed by atoms with van der Waals surface area (Å²) in [6.07, 6.45) is 4.91. The molecule has 36 heavy (non-hydrogen) atoms. The van der Waals surface area contributed by atoms with E-state index >= 15 is 0 Å². The molecular weight excluding hydrogens is 502 g/mol. The number of rotatable bonds is 7. The van der Waals surface area contributed by atoms with Gasteiger partial charge in [-0.2, -0.15) is 9.30 Å². The van der Waals surface area contributed by atoms with Crippen molar-refractivity contribution in [1.82, 2.24) is 8.87 Å². The molecule has 0 spiro atoms. The molecule has 1 amide bonds. The molecule has 0 radical (unpaired) electrons. The largest absolute Gasteiger partial charge is 0.497 e. The van der Waals surface area contributed by atoms with Gasteiger partial charge in [0.15, 0.2) is 4.80 Å². The van der Waals surface area contributed by atoms with Crippen molar-refractivity contribution < 1.29 is 27.5 Å². The maximum Gasteiger partial charge on any atom is 0.325 e. The van der Waals surface area contributed by atoms with Gasteiger partial charge in [-0.3, -0.25) is 9.59 Å². The molecule has 0 atom stereocenters. The number of sulfonamides is 1.